The van der Waals surface area contributed by atoms with Crippen molar-refractivity contribution >= 4 is 35.0 Å². The highest BCUT2D eigenvalue weighted by atomic mass is 35.5. The Morgan fingerprint density at radius 2 is 1.95 bits per heavy atom. The Hall–Kier alpha value is -2.64. The van der Waals surface area contributed by atoms with Crippen molar-refractivity contribution in [2.75, 3.05) is 11.9 Å². The van der Waals surface area contributed by atoms with Crippen LogP contribution in [0.1, 0.15) is 69.8 Å². The van der Waals surface area contributed by atoms with Crippen molar-refractivity contribution in [2.24, 2.45) is 11.8 Å². The lowest BCUT2D eigenvalue weighted by Gasteiger charge is -2.34. The normalized spacial score (nSPS) is 31.8. The number of nitrogens with one attached hydrogen (secondary N) is 2. The largest absolute Gasteiger partial charge is 0.359 e. The first-order valence-electron chi connectivity index (χ1n) is 14.6. The summed E-state index contributed by atoms with van der Waals surface area (Å²) >= 11 is 6.29. The number of halogens is 1. The summed E-state index contributed by atoms with van der Waals surface area (Å²) in [6.45, 7) is 2.36. The molecule has 3 heterocycles. The first kappa shape index (κ1) is 26.6. The molecule has 1 spiro atoms. The fraction of sp³-hybridized carbons (Fsp3) is 0.581. The number of aryl methyl sites for hydroxylation is 1. The zero-order chi connectivity index (χ0) is 27.1. The van der Waals surface area contributed by atoms with Gasteiger partial charge in [-0.05, 0) is 69.6 Å². The minimum atomic E-state index is -1.13. The molecule has 39 heavy (non-hydrogen) atoms. The van der Waals surface area contributed by atoms with Crippen LogP contribution in [-0.2, 0) is 19.1 Å². The van der Waals surface area contributed by atoms with E-state index in [1.807, 2.05) is 25.1 Å². The fourth-order valence-corrected chi connectivity index (χ4v) is 7.51. The van der Waals surface area contributed by atoms with E-state index in [1.165, 1.54) is 18.4 Å². The predicted molar refractivity (Wildman–Crippen MR) is 150 cm³/mol. The highest BCUT2D eigenvalue weighted by molar-refractivity contribution is 6.31. The van der Waals surface area contributed by atoms with Crippen molar-refractivity contribution in [3.8, 4) is 0 Å². The van der Waals surface area contributed by atoms with Crippen LogP contribution < -0.4 is 10.6 Å². The maximum atomic E-state index is 14.1. The lowest BCUT2D eigenvalue weighted by Crippen LogP contribution is -2.56. The van der Waals surface area contributed by atoms with E-state index >= 15 is 0 Å². The molecule has 7 nitrogen and oxygen atoms in total. The first-order chi connectivity index (χ1) is 18.9. The summed E-state index contributed by atoms with van der Waals surface area (Å²) in [4.78, 5) is 43.4. The van der Waals surface area contributed by atoms with Gasteiger partial charge in [-0.1, -0.05) is 60.7 Å². The Labute approximate surface area is 235 Å². The predicted octanol–water partition coefficient (Wildman–Crippen LogP) is 5.08. The molecule has 2 aliphatic carbocycles. The van der Waals surface area contributed by atoms with E-state index in [0.717, 1.165) is 56.9 Å². The van der Waals surface area contributed by atoms with Crippen molar-refractivity contribution in [1.29, 1.82) is 0 Å². The number of carbonyl (C=O) groups excluding carboxylic acids is 3. The molecule has 3 fully saturated rings. The highest BCUT2D eigenvalue weighted by Gasteiger charge is 2.72. The van der Waals surface area contributed by atoms with Gasteiger partial charge in [0.15, 0.2) is 0 Å². The number of benzene rings is 1. The van der Waals surface area contributed by atoms with E-state index in [2.05, 4.69) is 16.7 Å². The molecule has 0 aromatic heterocycles. The molecule has 0 unspecified atom stereocenters. The second-order valence-corrected chi connectivity index (χ2v) is 12.3. The van der Waals surface area contributed by atoms with Crippen LogP contribution in [0.2, 0.25) is 5.02 Å². The number of hydrogen-bond acceptors (Lipinski definition) is 4. The molecule has 5 atom stereocenters. The maximum absolute atomic E-state index is 14.1. The SMILES string of the molecule is Cc1ccc(NC(=O)[C@@H]2[C@@H]3C=C[C@]4(O3)[C@@H]2C(=O)N(CCC2=CCCCC2)[C@@H]4C(=O)NC2CCCCC2)cc1Cl. The highest BCUT2D eigenvalue weighted by Crippen LogP contribution is 2.55. The number of fused-ring (bicyclic) bond motifs is 1. The Bertz CT molecular complexity index is 1220. The van der Waals surface area contributed by atoms with Crippen molar-refractivity contribution in [3.05, 3.63) is 52.6 Å². The Morgan fingerprint density at radius 1 is 1.13 bits per heavy atom. The lowest BCUT2D eigenvalue weighted by atomic mass is 9.74. The number of allylic oxidation sites excluding steroid dienone is 1. The number of carbonyl (C=O) groups is 3. The molecule has 8 heteroatoms. The van der Waals surface area contributed by atoms with Gasteiger partial charge in [0.25, 0.3) is 0 Å². The number of hydrogen-bond donors (Lipinski definition) is 2. The van der Waals surface area contributed by atoms with Gasteiger partial charge in [-0.3, -0.25) is 14.4 Å². The molecule has 1 aromatic rings. The van der Waals surface area contributed by atoms with E-state index in [4.69, 9.17) is 16.3 Å². The summed E-state index contributed by atoms with van der Waals surface area (Å²) in [6.07, 6.45) is 16.0. The molecule has 5 aliphatic rings. The van der Waals surface area contributed by atoms with Gasteiger partial charge >= 0.3 is 0 Å². The summed E-state index contributed by atoms with van der Waals surface area (Å²) in [5, 5.41) is 6.78. The van der Waals surface area contributed by atoms with Gasteiger partial charge in [0.05, 0.1) is 17.9 Å². The zero-order valence-corrected chi connectivity index (χ0v) is 23.3. The number of anilines is 1. The second-order valence-electron chi connectivity index (χ2n) is 11.9. The summed E-state index contributed by atoms with van der Waals surface area (Å²) in [6, 6.07) is 4.71. The smallest absolute Gasteiger partial charge is 0.246 e. The van der Waals surface area contributed by atoms with Crippen molar-refractivity contribution in [3.63, 3.8) is 0 Å². The van der Waals surface area contributed by atoms with Crippen LogP contribution >= 0.6 is 11.6 Å². The minimum absolute atomic E-state index is 0.118. The van der Waals surface area contributed by atoms with Crippen LogP contribution in [0.5, 0.6) is 0 Å². The van der Waals surface area contributed by atoms with Crippen LogP contribution in [-0.4, -0.2) is 53.0 Å². The van der Waals surface area contributed by atoms with Crippen LogP contribution in [0.3, 0.4) is 0 Å². The molecule has 2 saturated heterocycles. The molecule has 2 bridgehead atoms. The summed E-state index contributed by atoms with van der Waals surface area (Å²) < 4.78 is 6.48. The van der Waals surface area contributed by atoms with E-state index in [1.54, 1.807) is 17.0 Å². The maximum Gasteiger partial charge on any atom is 0.246 e. The van der Waals surface area contributed by atoms with Crippen molar-refractivity contribution in [2.45, 2.75) is 94.9 Å². The molecule has 3 amide bonds. The summed E-state index contributed by atoms with van der Waals surface area (Å²) in [7, 11) is 0. The number of amides is 3. The van der Waals surface area contributed by atoms with Gasteiger partial charge in [0, 0.05) is 23.3 Å². The van der Waals surface area contributed by atoms with Crippen LogP contribution in [0, 0.1) is 18.8 Å². The van der Waals surface area contributed by atoms with Crippen LogP contribution in [0.15, 0.2) is 42.0 Å². The van der Waals surface area contributed by atoms with E-state index < -0.39 is 29.6 Å². The minimum Gasteiger partial charge on any atom is -0.359 e. The van der Waals surface area contributed by atoms with Gasteiger partial charge < -0.3 is 20.3 Å². The van der Waals surface area contributed by atoms with E-state index in [0.29, 0.717) is 17.3 Å². The third-order valence-electron chi connectivity index (χ3n) is 9.37. The van der Waals surface area contributed by atoms with Gasteiger partial charge in [-0.15, -0.1) is 0 Å². The van der Waals surface area contributed by atoms with Gasteiger partial charge in [0.2, 0.25) is 17.7 Å². The molecular formula is C31H38ClN3O4. The van der Waals surface area contributed by atoms with Gasteiger partial charge in [-0.25, -0.2) is 0 Å². The number of likely N-dealkylation sites (tertiary alicyclic amines) is 1. The molecule has 2 N–H and O–H groups in total. The van der Waals surface area contributed by atoms with E-state index in [9.17, 15) is 14.4 Å². The Kier molecular flexibility index (Phi) is 7.32. The number of rotatable bonds is 7. The lowest BCUT2D eigenvalue weighted by molar-refractivity contribution is -0.141. The van der Waals surface area contributed by atoms with Crippen LogP contribution in [0.4, 0.5) is 5.69 Å². The van der Waals surface area contributed by atoms with Crippen molar-refractivity contribution < 1.29 is 19.1 Å². The number of ether oxygens (including phenoxy) is 1. The molecule has 0 radical (unpaired) electrons. The third-order valence-corrected chi connectivity index (χ3v) is 9.78. The average Bonchev–Trinajstić information content (AvgIpc) is 3.58. The average molecular weight is 552 g/mol. The first-order valence-corrected chi connectivity index (χ1v) is 15.0. The molecular weight excluding hydrogens is 514 g/mol. The van der Waals surface area contributed by atoms with Crippen molar-refractivity contribution in [1.82, 2.24) is 10.2 Å². The molecule has 6 rings (SSSR count). The van der Waals surface area contributed by atoms with E-state index in [-0.39, 0.29) is 23.8 Å². The van der Waals surface area contributed by atoms with Gasteiger partial charge in [0.1, 0.15) is 11.6 Å². The Morgan fingerprint density at radius 3 is 2.69 bits per heavy atom. The van der Waals surface area contributed by atoms with Crippen LogP contribution in [0.25, 0.3) is 0 Å². The summed E-state index contributed by atoms with van der Waals surface area (Å²) in [5.74, 6) is -2.06. The third kappa shape index (κ3) is 4.82. The second kappa shape index (κ2) is 10.7. The summed E-state index contributed by atoms with van der Waals surface area (Å²) in [5.41, 5.74) is 1.71. The topological polar surface area (TPSA) is 87.7 Å². The molecule has 1 saturated carbocycles. The Balaban J connectivity index is 1.28. The standard InChI is InChI=1S/C31H38ClN3O4/c1-19-12-13-22(18-23(19)32)34-28(36)25-24-14-16-31(39-24)26(25)30(38)35(17-15-20-8-4-2-5-9-20)27(31)29(37)33-21-10-6-3-7-11-21/h8,12-14,16,18,21,24-27H,2-7,9-11,15,17H2,1H3,(H,33,37)(H,34,36)/t24-,25+,26-,27+,31-/m0/s1. The monoisotopic (exact) mass is 551 g/mol. The van der Waals surface area contributed by atoms with Gasteiger partial charge in [-0.2, -0.15) is 0 Å². The number of nitrogens with zero attached hydrogens (tertiary/aromatic N) is 1. The molecule has 208 valence electrons. The zero-order valence-electron chi connectivity index (χ0n) is 22.6. The fourth-order valence-electron chi connectivity index (χ4n) is 7.33. The quantitative estimate of drug-likeness (QED) is 0.463. The molecule has 3 aliphatic heterocycles. The molecule has 1 aromatic carbocycles.